The monoisotopic (exact) mass is 186 g/mol. The van der Waals surface area contributed by atoms with Crippen molar-refractivity contribution in [2.75, 3.05) is 6.54 Å². The minimum absolute atomic E-state index is 0.194. The van der Waals surface area contributed by atoms with Gasteiger partial charge in [0, 0.05) is 6.54 Å². The highest BCUT2D eigenvalue weighted by Crippen LogP contribution is 2.16. The Bertz CT molecular complexity index is 194. The molecule has 0 aliphatic heterocycles. The molecule has 0 aromatic rings. The van der Waals surface area contributed by atoms with E-state index >= 15 is 0 Å². The Balaban J connectivity index is 3.54. The summed E-state index contributed by atoms with van der Waals surface area (Å²) in [6, 6.07) is 0. The lowest BCUT2D eigenvalue weighted by Gasteiger charge is -2.17. The fourth-order valence-electron chi connectivity index (χ4n) is 0.798. The highest BCUT2D eigenvalue weighted by Gasteiger charge is 2.11. The number of hydrogen-bond acceptors (Lipinski definition) is 2. The van der Waals surface area contributed by atoms with E-state index in [4.69, 9.17) is 5.73 Å². The summed E-state index contributed by atoms with van der Waals surface area (Å²) in [6.45, 7) is 6.86. The van der Waals surface area contributed by atoms with Gasteiger partial charge >= 0.3 is 0 Å². The van der Waals surface area contributed by atoms with Crippen LogP contribution in [0.15, 0.2) is 0 Å². The van der Waals surface area contributed by atoms with Gasteiger partial charge in [0.15, 0.2) is 0 Å². The summed E-state index contributed by atoms with van der Waals surface area (Å²) in [7, 11) is 0. The van der Waals surface area contributed by atoms with Crippen LogP contribution in [0.2, 0.25) is 0 Å². The molecule has 0 aromatic heterocycles. The van der Waals surface area contributed by atoms with Crippen molar-refractivity contribution in [3.63, 3.8) is 0 Å². The molecule has 4 heteroatoms. The van der Waals surface area contributed by atoms with Crippen LogP contribution in [-0.2, 0) is 9.59 Å². The molecule has 2 amide bonds. The van der Waals surface area contributed by atoms with Gasteiger partial charge in [-0.15, -0.1) is 0 Å². The van der Waals surface area contributed by atoms with Crippen molar-refractivity contribution in [2.45, 2.75) is 33.6 Å². The van der Waals surface area contributed by atoms with Crippen molar-refractivity contribution >= 4 is 11.8 Å². The van der Waals surface area contributed by atoms with Crippen LogP contribution in [0.3, 0.4) is 0 Å². The fraction of sp³-hybridized carbons (Fsp3) is 0.778. The van der Waals surface area contributed by atoms with E-state index < -0.39 is 5.91 Å². The van der Waals surface area contributed by atoms with Gasteiger partial charge in [-0.3, -0.25) is 9.59 Å². The van der Waals surface area contributed by atoms with Gasteiger partial charge in [0.2, 0.25) is 11.8 Å². The molecule has 0 heterocycles. The molecule has 0 saturated carbocycles. The van der Waals surface area contributed by atoms with E-state index in [1.54, 1.807) is 0 Å². The normalized spacial score (nSPS) is 11.0. The van der Waals surface area contributed by atoms with Gasteiger partial charge in [-0.25, -0.2) is 0 Å². The summed E-state index contributed by atoms with van der Waals surface area (Å²) in [4.78, 5) is 21.3. The number of carbonyl (C=O) groups excluding carboxylic acids is 2. The molecule has 0 spiro atoms. The van der Waals surface area contributed by atoms with Gasteiger partial charge < -0.3 is 11.1 Å². The Kier molecular flexibility index (Phi) is 4.45. The van der Waals surface area contributed by atoms with E-state index in [9.17, 15) is 9.59 Å². The van der Waals surface area contributed by atoms with Gasteiger partial charge in [-0.2, -0.15) is 0 Å². The third-order valence-electron chi connectivity index (χ3n) is 1.53. The molecule has 0 fully saturated rings. The molecule has 13 heavy (non-hydrogen) atoms. The van der Waals surface area contributed by atoms with Crippen molar-refractivity contribution in [2.24, 2.45) is 11.1 Å². The van der Waals surface area contributed by atoms with Crippen LogP contribution in [0, 0.1) is 5.41 Å². The zero-order valence-electron chi connectivity index (χ0n) is 8.52. The van der Waals surface area contributed by atoms with E-state index in [0.29, 0.717) is 6.54 Å². The van der Waals surface area contributed by atoms with Crippen molar-refractivity contribution in [3.8, 4) is 0 Å². The SMILES string of the molecule is CC(C)(C)CCNC(=O)CC(N)=O. The molecule has 76 valence electrons. The van der Waals surface area contributed by atoms with E-state index in [1.165, 1.54) is 0 Å². The molecule has 0 unspecified atom stereocenters. The molecule has 3 N–H and O–H groups in total. The average molecular weight is 186 g/mol. The van der Waals surface area contributed by atoms with Crippen molar-refractivity contribution in [3.05, 3.63) is 0 Å². The Hall–Kier alpha value is -1.06. The molecule has 4 nitrogen and oxygen atoms in total. The third-order valence-corrected chi connectivity index (χ3v) is 1.53. The van der Waals surface area contributed by atoms with Crippen molar-refractivity contribution in [1.29, 1.82) is 0 Å². The fourth-order valence-corrected chi connectivity index (χ4v) is 0.798. The number of nitrogens with two attached hydrogens (primary N) is 1. The summed E-state index contributed by atoms with van der Waals surface area (Å²) >= 11 is 0. The molecule has 0 radical (unpaired) electrons. The van der Waals surface area contributed by atoms with Crippen LogP contribution < -0.4 is 11.1 Å². The van der Waals surface area contributed by atoms with Crippen LogP contribution in [0.1, 0.15) is 33.6 Å². The van der Waals surface area contributed by atoms with E-state index in [1.807, 2.05) is 0 Å². The quantitative estimate of drug-likeness (QED) is 0.624. The highest BCUT2D eigenvalue weighted by atomic mass is 16.2. The minimum Gasteiger partial charge on any atom is -0.369 e. The number of primary amides is 1. The summed E-state index contributed by atoms with van der Waals surface area (Å²) in [6.07, 6.45) is 0.668. The lowest BCUT2D eigenvalue weighted by molar-refractivity contribution is -0.127. The first-order chi connectivity index (χ1) is 5.81. The number of rotatable bonds is 4. The average Bonchev–Trinajstić information content (AvgIpc) is 1.81. The summed E-state index contributed by atoms with van der Waals surface area (Å²) in [5.74, 6) is -0.884. The van der Waals surface area contributed by atoms with Gasteiger partial charge in [0.25, 0.3) is 0 Å². The molecule has 0 bridgehead atoms. The van der Waals surface area contributed by atoms with Crippen LogP contribution in [0.5, 0.6) is 0 Å². The maximum Gasteiger partial charge on any atom is 0.229 e. The molecule has 0 atom stereocenters. The third kappa shape index (κ3) is 8.85. The van der Waals surface area contributed by atoms with Crippen molar-refractivity contribution < 1.29 is 9.59 Å². The van der Waals surface area contributed by atoms with Gasteiger partial charge in [-0.05, 0) is 11.8 Å². The van der Waals surface area contributed by atoms with Crippen molar-refractivity contribution in [1.82, 2.24) is 5.32 Å². The molecule has 0 aliphatic rings. The predicted molar refractivity (Wildman–Crippen MR) is 50.9 cm³/mol. The maximum atomic E-state index is 10.9. The lowest BCUT2D eigenvalue weighted by Crippen LogP contribution is -2.30. The zero-order chi connectivity index (χ0) is 10.5. The van der Waals surface area contributed by atoms with Crippen LogP contribution >= 0.6 is 0 Å². The zero-order valence-corrected chi connectivity index (χ0v) is 8.52. The second kappa shape index (κ2) is 4.84. The summed E-state index contributed by atoms with van der Waals surface area (Å²) < 4.78 is 0. The van der Waals surface area contributed by atoms with Gasteiger partial charge in [0.1, 0.15) is 6.42 Å². The molecular weight excluding hydrogens is 168 g/mol. The smallest absolute Gasteiger partial charge is 0.229 e. The molecular formula is C9H18N2O2. The van der Waals surface area contributed by atoms with E-state index in [-0.39, 0.29) is 17.7 Å². The first kappa shape index (κ1) is 11.9. The minimum atomic E-state index is -0.590. The number of hydrogen-bond donors (Lipinski definition) is 2. The topological polar surface area (TPSA) is 72.2 Å². The van der Waals surface area contributed by atoms with Crippen LogP contribution in [0.25, 0.3) is 0 Å². The predicted octanol–water partition coefficient (Wildman–Crippen LogP) is 0.414. The molecule has 0 aromatic carbocycles. The number of nitrogens with one attached hydrogen (secondary N) is 1. The number of amides is 2. The standard InChI is InChI=1S/C9H18N2O2/c1-9(2,3)4-5-11-8(13)6-7(10)12/h4-6H2,1-3H3,(H2,10,12)(H,11,13). The first-order valence-corrected chi connectivity index (χ1v) is 4.36. The van der Waals surface area contributed by atoms with Gasteiger partial charge in [0.05, 0.1) is 0 Å². The Morgan fingerprint density at radius 2 is 1.85 bits per heavy atom. The lowest BCUT2D eigenvalue weighted by atomic mass is 9.92. The summed E-state index contributed by atoms with van der Waals surface area (Å²) in [5, 5.41) is 2.63. The molecule has 0 aliphatic carbocycles. The van der Waals surface area contributed by atoms with Crippen LogP contribution in [0.4, 0.5) is 0 Å². The molecule has 0 saturated heterocycles. The Morgan fingerprint density at radius 1 is 1.31 bits per heavy atom. The van der Waals surface area contributed by atoms with E-state index in [0.717, 1.165) is 6.42 Å². The second-order valence-electron chi connectivity index (χ2n) is 4.30. The Morgan fingerprint density at radius 3 is 2.23 bits per heavy atom. The molecule has 0 rings (SSSR count). The second-order valence-corrected chi connectivity index (χ2v) is 4.30. The number of carbonyl (C=O) groups is 2. The van der Waals surface area contributed by atoms with E-state index in [2.05, 4.69) is 26.1 Å². The van der Waals surface area contributed by atoms with Crippen LogP contribution in [-0.4, -0.2) is 18.4 Å². The maximum absolute atomic E-state index is 10.9. The van der Waals surface area contributed by atoms with Gasteiger partial charge in [-0.1, -0.05) is 20.8 Å². The summed E-state index contributed by atoms with van der Waals surface area (Å²) in [5.41, 5.74) is 5.05. The first-order valence-electron chi connectivity index (χ1n) is 4.36. The highest BCUT2D eigenvalue weighted by molar-refractivity contribution is 5.95. The Labute approximate surface area is 78.9 Å². The largest absolute Gasteiger partial charge is 0.369 e.